The number of thioether (sulfide) groups is 1. The Kier molecular flexibility index (Phi) is 6.03. The molecule has 1 aromatic rings. The van der Waals surface area contributed by atoms with E-state index in [1.165, 1.54) is 36.0 Å². The van der Waals surface area contributed by atoms with E-state index in [1.807, 2.05) is 4.72 Å². The molecule has 0 fully saturated rings. The lowest BCUT2D eigenvalue weighted by Gasteiger charge is -2.11. The lowest BCUT2D eigenvalue weighted by atomic mass is 10.2. The molecule has 0 heterocycles. The predicted molar refractivity (Wildman–Crippen MR) is 81.2 cm³/mol. The second-order valence-corrected chi connectivity index (χ2v) is 7.07. The molecule has 0 radical (unpaired) electrons. The number of hydrogen-bond acceptors (Lipinski definition) is 5. The highest BCUT2D eigenvalue weighted by Crippen LogP contribution is 2.12. The van der Waals surface area contributed by atoms with Gasteiger partial charge in [-0.15, -0.1) is 0 Å². The number of nitrogens with one attached hydrogen (secondary N) is 2. The maximum Gasteiger partial charge on any atom is 0.312 e. The van der Waals surface area contributed by atoms with Crippen LogP contribution in [-0.2, 0) is 21.4 Å². The molecule has 0 aromatic heterocycles. The lowest BCUT2D eigenvalue weighted by molar-refractivity contribution is -0.118. The van der Waals surface area contributed by atoms with E-state index < -0.39 is 27.2 Å². The third-order valence-electron chi connectivity index (χ3n) is 2.66. The van der Waals surface area contributed by atoms with Crippen molar-refractivity contribution in [3.8, 4) is 0 Å². The molecule has 0 aliphatic carbocycles. The highest BCUT2D eigenvalue weighted by atomic mass is 32.2. The molecule has 0 bridgehead atoms. The number of amides is 3. The van der Waals surface area contributed by atoms with Gasteiger partial charge >= 0.3 is 6.03 Å². The maximum atomic E-state index is 12.0. The van der Waals surface area contributed by atoms with Gasteiger partial charge in [-0.2, -0.15) is 11.8 Å². The summed E-state index contributed by atoms with van der Waals surface area (Å²) in [5.74, 6) is -0.568. The summed E-state index contributed by atoms with van der Waals surface area (Å²) >= 11 is 1.25. The van der Waals surface area contributed by atoms with Crippen molar-refractivity contribution in [3.63, 3.8) is 0 Å². The van der Waals surface area contributed by atoms with Crippen LogP contribution < -0.4 is 15.8 Å². The Morgan fingerprint density at radius 3 is 2.33 bits per heavy atom. The lowest BCUT2D eigenvalue weighted by Crippen LogP contribution is -2.35. The fourth-order valence-electron chi connectivity index (χ4n) is 1.36. The zero-order valence-corrected chi connectivity index (χ0v) is 13.3. The number of primary amides is 1. The van der Waals surface area contributed by atoms with E-state index in [1.54, 1.807) is 13.2 Å². The van der Waals surface area contributed by atoms with Crippen LogP contribution in [0.4, 0.5) is 4.79 Å². The monoisotopic (exact) mass is 331 g/mol. The Hall–Kier alpha value is -1.74. The summed E-state index contributed by atoms with van der Waals surface area (Å²) < 4.78 is 26.0. The van der Waals surface area contributed by atoms with Crippen LogP contribution in [0.15, 0.2) is 29.2 Å². The van der Waals surface area contributed by atoms with Gasteiger partial charge in [0.1, 0.15) is 0 Å². The van der Waals surface area contributed by atoms with Crippen molar-refractivity contribution in [2.75, 3.05) is 6.26 Å². The van der Waals surface area contributed by atoms with Crippen molar-refractivity contribution in [1.29, 1.82) is 0 Å². The van der Waals surface area contributed by atoms with Gasteiger partial charge in [0.05, 0.1) is 10.1 Å². The van der Waals surface area contributed by atoms with Gasteiger partial charge in [0, 0.05) is 6.54 Å². The smallest absolute Gasteiger partial charge is 0.312 e. The molecule has 3 amide bonds. The molecule has 0 spiro atoms. The fraction of sp³-hybridized carbons (Fsp3) is 0.333. The van der Waals surface area contributed by atoms with Crippen LogP contribution in [-0.4, -0.2) is 31.9 Å². The first kappa shape index (κ1) is 17.3. The molecule has 21 heavy (non-hydrogen) atoms. The van der Waals surface area contributed by atoms with Crippen molar-refractivity contribution < 1.29 is 18.0 Å². The van der Waals surface area contributed by atoms with Crippen LogP contribution in [0, 0.1) is 0 Å². The fourth-order valence-corrected chi connectivity index (χ4v) is 2.76. The molecule has 0 saturated heterocycles. The van der Waals surface area contributed by atoms with E-state index in [9.17, 15) is 18.0 Å². The van der Waals surface area contributed by atoms with Crippen LogP contribution in [0.25, 0.3) is 0 Å². The number of sulfonamides is 1. The molecule has 1 atom stereocenters. The second kappa shape index (κ2) is 7.32. The Morgan fingerprint density at radius 1 is 1.29 bits per heavy atom. The van der Waals surface area contributed by atoms with Crippen molar-refractivity contribution in [3.05, 3.63) is 29.8 Å². The van der Waals surface area contributed by atoms with Gasteiger partial charge in [-0.3, -0.25) is 4.79 Å². The molecule has 1 unspecified atom stereocenters. The Balaban J connectivity index is 2.80. The van der Waals surface area contributed by atoms with Gasteiger partial charge < -0.3 is 11.1 Å². The van der Waals surface area contributed by atoms with Gasteiger partial charge in [-0.25, -0.2) is 17.9 Å². The molecule has 0 aliphatic heterocycles. The minimum atomic E-state index is -3.89. The summed E-state index contributed by atoms with van der Waals surface area (Å²) in [4.78, 5) is 22.2. The number of hydrogen-bond donors (Lipinski definition) is 3. The molecular formula is C12H17N3O4S2. The average Bonchev–Trinajstić information content (AvgIpc) is 2.44. The van der Waals surface area contributed by atoms with Crippen LogP contribution in [0.2, 0.25) is 0 Å². The van der Waals surface area contributed by atoms with E-state index in [-0.39, 0.29) is 11.4 Å². The van der Waals surface area contributed by atoms with Crippen molar-refractivity contribution in [2.24, 2.45) is 5.73 Å². The predicted octanol–water partition coefficient (Wildman–Crippen LogP) is 0.411. The third kappa shape index (κ3) is 5.27. The molecule has 1 aromatic carbocycles. The molecule has 0 saturated carbocycles. The highest BCUT2D eigenvalue weighted by Gasteiger charge is 2.20. The van der Waals surface area contributed by atoms with E-state index in [0.29, 0.717) is 5.56 Å². The van der Waals surface area contributed by atoms with Gasteiger partial charge in [-0.05, 0) is 30.9 Å². The average molecular weight is 331 g/mol. The number of carbonyl (C=O) groups excluding carboxylic acids is 2. The third-order valence-corrected chi connectivity index (χ3v) is 4.94. The molecule has 7 nitrogen and oxygen atoms in total. The van der Waals surface area contributed by atoms with E-state index in [2.05, 4.69) is 5.32 Å². The Morgan fingerprint density at radius 2 is 1.86 bits per heavy atom. The Labute approximate surface area is 127 Å². The summed E-state index contributed by atoms with van der Waals surface area (Å²) in [5, 5.41) is 1.93. The molecule has 116 valence electrons. The topological polar surface area (TPSA) is 118 Å². The van der Waals surface area contributed by atoms with Gasteiger partial charge in [-0.1, -0.05) is 12.1 Å². The van der Waals surface area contributed by atoms with Crippen LogP contribution in [0.3, 0.4) is 0 Å². The number of rotatable bonds is 6. The first-order chi connectivity index (χ1) is 9.76. The largest absolute Gasteiger partial charge is 0.352 e. The number of benzene rings is 1. The van der Waals surface area contributed by atoms with Gasteiger partial charge in [0.15, 0.2) is 0 Å². The maximum absolute atomic E-state index is 12.0. The van der Waals surface area contributed by atoms with E-state index >= 15 is 0 Å². The summed E-state index contributed by atoms with van der Waals surface area (Å²) in [6, 6.07) is 5.12. The first-order valence-corrected chi connectivity index (χ1v) is 8.75. The second-order valence-electron chi connectivity index (χ2n) is 4.21. The van der Waals surface area contributed by atoms with Crippen LogP contribution in [0.5, 0.6) is 0 Å². The molecule has 9 heteroatoms. The van der Waals surface area contributed by atoms with Crippen LogP contribution >= 0.6 is 11.8 Å². The van der Waals surface area contributed by atoms with E-state index in [4.69, 9.17) is 5.73 Å². The summed E-state index contributed by atoms with van der Waals surface area (Å²) in [6.45, 7) is 1.82. The van der Waals surface area contributed by atoms with Gasteiger partial charge in [0.25, 0.3) is 10.0 Å². The normalized spacial score (nSPS) is 12.5. The van der Waals surface area contributed by atoms with Gasteiger partial charge in [0.2, 0.25) is 5.91 Å². The molecular weight excluding hydrogens is 314 g/mol. The van der Waals surface area contributed by atoms with Crippen molar-refractivity contribution >= 4 is 33.7 Å². The molecule has 0 aliphatic rings. The number of nitrogens with two attached hydrogens (primary N) is 1. The first-order valence-electron chi connectivity index (χ1n) is 5.98. The number of urea groups is 1. The zero-order chi connectivity index (χ0) is 16.0. The van der Waals surface area contributed by atoms with Crippen LogP contribution in [0.1, 0.15) is 12.5 Å². The molecule has 4 N–H and O–H groups in total. The summed E-state index contributed by atoms with van der Waals surface area (Å²) in [7, 11) is -3.89. The zero-order valence-electron chi connectivity index (χ0n) is 11.6. The standard InChI is InChI=1S/C12H17N3O4S2/c1-8(20-2)11(16)15-21(18,19)10-5-3-9(4-6-10)7-14-12(13)17/h3-6,8H,7H2,1-2H3,(H,15,16)(H3,13,14,17). The highest BCUT2D eigenvalue weighted by molar-refractivity contribution is 8.00. The minimum absolute atomic E-state index is 0.0213. The van der Waals surface area contributed by atoms with Crippen molar-refractivity contribution in [1.82, 2.24) is 10.0 Å². The van der Waals surface area contributed by atoms with Crippen molar-refractivity contribution in [2.45, 2.75) is 23.6 Å². The Bertz CT molecular complexity index is 614. The molecule has 1 rings (SSSR count). The minimum Gasteiger partial charge on any atom is -0.352 e. The summed E-state index contributed by atoms with van der Waals surface area (Å²) in [5.41, 5.74) is 5.63. The SMILES string of the molecule is CSC(C)C(=O)NS(=O)(=O)c1ccc(CNC(N)=O)cc1. The number of carbonyl (C=O) groups is 2. The van der Waals surface area contributed by atoms with E-state index in [0.717, 1.165) is 0 Å². The quantitative estimate of drug-likeness (QED) is 0.698. The summed E-state index contributed by atoms with van der Waals surface area (Å²) in [6.07, 6.45) is 1.72.